The second-order valence-corrected chi connectivity index (χ2v) is 3.49. The Hall–Kier alpha value is -0.710. The fraction of sp³-hybridized carbons (Fsp3) is 0.667. The molecule has 0 aromatic rings. The van der Waals surface area contributed by atoms with Crippen molar-refractivity contribution >= 4 is 23.5 Å². The molecule has 0 atom stereocenters. The van der Waals surface area contributed by atoms with Crippen LogP contribution in [0.15, 0.2) is 5.10 Å². The number of nitrogens with one attached hydrogen (secondary N) is 1. The van der Waals surface area contributed by atoms with E-state index in [-0.39, 0.29) is 0 Å². The van der Waals surface area contributed by atoms with E-state index in [0.717, 1.165) is 30.1 Å². The van der Waals surface area contributed by atoms with Crippen molar-refractivity contribution < 1.29 is 4.79 Å². The molecule has 0 unspecified atom stereocenters. The topological polar surface area (TPSA) is 67.5 Å². The molecule has 1 fully saturated rings. The average molecular weight is 173 g/mol. The summed E-state index contributed by atoms with van der Waals surface area (Å²) in [5.74, 6) is 2.19. The summed E-state index contributed by atoms with van der Waals surface area (Å²) in [4.78, 5) is 10.2. The fourth-order valence-electron chi connectivity index (χ4n) is 0.853. The van der Waals surface area contributed by atoms with E-state index in [1.807, 2.05) is 11.8 Å². The molecule has 0 aliphatic carbocycles. The molecular formula is C6H11N3OS. The van der Waals surface area contributed by atoms with Crippen molar-refractivity contribution in [2.24, 2.45) is 10.8 Å². The molecule has 1 aliphatic heterocycles. The maximum Gasteiger partial charge on any atom is 0.332 e. The van der Waals surface area contributed by atoms with Gasteiger partial charge in [0.05, 0.1) is 0 Å². The lowest BCUT2D eigenvalue weighted by molar-refractivity contribution is 0.249. The first-order valence-electron chi connectivity index (χ1n) is 3.47. The molecular weight excluding hydrogens is 162 g/mol. The highest BCUT2D eigenvalue weighted by Crippen LogP contribution is 2.13. The van der Waals surface area contributed by atoms with Crippen LogP contribution in [-0.2, 0) is 0 Å². The zero-order valence-corrected chi connectivity index (χ0v) is 6.99. The molecule has 0 radical (unpaired) electrons. The maximum atomic E-state index is 10.2. The summed E-state index contributed by atoms with van der Waals surface area (Å²) >= 11 is 1.91. The number of thioether (sulfide) groups is 1. The standard InChI is InChI=1S/C6H11N3OS/c7-6(10)9-8-5-1-3-11-4-2-5/h1-4H2,(H3,7,9,10). The minimum Gasteiger partial charge on any atom is -0.350 e. The molecule has 0 spiro atoms. The minimum absolute atomic E-state index is 0.587. The second-order valence-electron chi connectivity index (χ2n) is 2.27. The average Bonchev–Trinajstić information content (AvgIpc) is 2.03. The van der Waals surface area contributed by atoms with Gasteiger partial charge >= 0.3 is 6.03 Å². The Morgan fingerprint density at radius 3 is 2.73 bits per heavy atom. The smallest absolute Gasteiger partial charge is 0.332 e. The molecule has 0 saturated carbocycles. The molecule has 62 valence electrons. The molecule has 1 saturated heterocycles. The Labute approximate surface area is 69.6 Å². The Morgan fingerprint density at radius 1 is 1.55 bits per heavy atom. The number of urea groups is 1. The van der Waals surface area contributed by atoms with Gasteiger partial charge in [0.25, 0.3) is 0 Å². The molecule has 0 aromatic heterocycles. The molecule has 11 heavy (non-hydrogen) atoms. The summed E-state index contributed by atoms with van der Waals surface area (Å²) in [6, 6.07) is -0.587. The van der Waals surface area contributed by atoms with E-state index in [0.29, 0.717) is 0 Å². The number of nitrogens with two attached hydrogens (primary N) is 1. The van der Waals surface area contributed by atoms with Gasteiger partial charge in [0, 0.05) is 5.71 Å². The van der Waals surface area contributed by atoms with Crippen LogP contribution < -0.4 is 11.2 Å². The van der Waals surface area contributed by atoms with Crippen molar-refractivity contribution in [3.63, 3.8) is 0 Å². The fourth-order valence-corrected chi connectivity index (χ4v) is 1.82. The van der Waals surface area contributed by atoms with E-state index >= 15 is 0 Å². The first-order chi connectivity index (χ1) is 5.29. The zero-order valence-electron chi connectivity index (χ0n) is 6.17. The number of primary amides is 1. The number of nitrogens with zero attached hydrogens (tertiary/aromatic N) is 1. The van der Waals surface area contributed by atoms with Crippen LogP contribution in [0.3, 0.4) is 0 Å². The molecule has 0 bridgehead atoms. The molecule has 4 nitrogen and oxygen atoms in total. The zero-order chi connectivity index (χ0) is 8.10. The molecule has 3 N–H and O–H groups in total. The van der Waals surface area contributed by atoms with E-state index < -0.39 is 6.03 Å². The van der Waals surface area contributed by atoms with E-state index in [9.17, 15) is 4.79 Å². The first kappa shape index (κ1) is 8.39. The van der Waals surface area contributed by atoms with Gasteiger partial charge in [-0.25, -0.2) is 10.2 Å². The second kappa shape index (κ2) is 4.23. The summed E-state index contributed by atoms with van der Waals surface area (Å²) in [5, 5.41) is 3.86. The molecule has 1 heterocycles. The van der Waals surface area contributed by atoms with E-state index in [4.69, 9.17) is 5.73 Å². The van der Waals surface area contributed by atoms with Crippen LogP contribution in [0.25, 0.3) is 0 Å². The predicted molar refractivity (Wildman–Crippen MR) is 46.7 cm³/mol. The molecule has 1 rings (SSSR count). The van der Waals surface area contributed by atoms with Crippen LogP contribution in [0.2, 0.25) is 0 Å². The molecule has 5 heteroatoms. The molecule has 0 aromatic carbocycles. The van der Waals surface area contributed by atoms with Crippen LogP contribution >= 0.6 is 11.8 Å². The number of amides is 2. The SMILES string of the molecule is NC(=O)NN=C1CCSCC1. The number of hydrogen-bond donors (Lipinski definition) is 2. The Bertz CT molecular complexity index is 173. The Morgan fingerprint density at radius 2 is 2.18 bits per heavy atom. The largest absolute Gasteiger partial charge is 0.350 e. The van der Waals surface area contributed by atoms with Crippen LogP contribution in [0.1, 0.15) is 12.8 Å². The lowest BCUT2D eigenvalue weighted by Gasteiger charge is -2.11. The monoisotopic (exact) mass is 173 g/mol. The van der Waals surface area contributed by atoms with Gasteiger partial charge in [0.15, 0.2) is 0 Å². The van der Waals surface area contributed by atoms with Crippen LogP contribution in [0.5, 0.6) is 0 Å². The van der Waals surface area contributed by atoms with Gasteiger partial charge in [-0.05, 0) is 24.3 Å². The Balaban J connectivity index is 2.32. The third-order valence-electron chi connectivity index (χ3n) is 1.39. The highest BCUT2D eigenvalue weighted by molar-refractivity contribution is 7.99. The van der Waals surface area contributed by atoms with Gasteiger partial charge in [-0.1, -0.05) is 0 Å². The summed E-state index contributed by atoms with van der Waals surface area (Å²) in [6.07, 6.45) is 1.93. The first-order valence-corrected chi connectivity index (χ1v) is 4.63. The van der Waals surface area contributed by atoms with Crippen molar-refractivity contribution in [3.05, 3.63) is 0 Å². The number of rotatable bonds is 1. The highest BCUT2D eigenvalue weighted by atomic mass is 32.2. The quantitative estimate of drug-likeness (QED) is 0.568. The van der Waals surface area contributed by atoms with Crippen molar-refractivity contribution in [1.82, 2.24) is 5.43 Å². The number of hydrazone groups is 1. The maximum absolute atomic E-state index is 10.2. The lowest BCUT2D eigenvalue weighted by atomic mass is 10.2. The van der Waals surface area contributed by atoms with Gasteiger partial charge in [-0.15, -0.1) is 0 Å². The molecule has 1 aliphatic rings. The van der Waals surface area contributed by atoms with Gasteiger partial charge in [0.1, 0.15) is 0 Å². The number of carbonyl (C=O) groups is 1. The number of carbonyl (C=O) groups excluding carboxylic acids is 1. The van der Waals surface area contributed by atoms with E-state index in [2.05, 4.69) is 10.5 Å². The minimum atomic E-state index is -0.587. The number of hydrogen-bond acceptors (Lipinski definition) is 3. The normalized spacial score (nSPS) is 17.6. The van der Waals surface area contributed by atoms with E-state index in [1.54, 1.807) is 0 Å². The van der Waals surface area contributed by atoms with Crippen molar-refractivity contribution in [2.45, 2.75) is 12.8 Å². The summed E-state index contributed by atoms with van der Waals surface area (Å²) < 4.78 is 0. The van der Waals surface area contributed by atoms with Gasteiger partial charge in [-0.2, -0.15) is 16.9 Å². The van der Waals surface area contributed by atoms with Crippen LogP contribution in [0, 0.1) is 0 Å². The Kier molecular flexibility index (Phi) is 3.22. The van der Waals surface area contributed by atoms with Crippen LogP contribution in [0.4, 0.5) is 4.79 Å². The van der Waals surface area contributed by atoms with Crippen molar-refractivity contribution in [1.29, 1.82) is 0 Å². The lowest BCUT2D eigenvalue weighted by Crippen LogP contribution is -2.26. The molecule has 2 amide bonds. The summed E-state index contributed by atoms with van der Waals surface area (Å²) in [6.45, 7) is 0. The van der Waals surface area contributed by atoms with E-state index in [1.165, 1.54) is 0 Å². The van der Waals surface area contributed by atoms with Gasteiger partial charge in [0.2, 0.25) is 0 Å². The van der Waals surface area contributed by atoms with Crippen molar-refractivity contribution in [3.8, 4) is 0 Å². The van der Waals surface area contributed by atoms with Crippen LogP contribution in [-0.4, -0.2) is 23.2 Å². The summed E-state index contributed by atoms with van der Waals surface area (Å²) in [5.41, 5.74) is 8.12. The summed E-state index contributed by atoms with van der Waals surface area (Å²) in [7, 11) is 0. The third kappa shape index (κ3) is 3.27. The predicted octanol–water partition coefficient (Wildman–Crippen LogP) is 0.538. The van der Waals surface area contributed by atoms with Gasteiger partial charge in [-0.3, -0.25) is 0 Å². The van der Waals surface area contributed by atoms with Gasteiger partial charge < -0.3 is 5.73 Å². The van der Waals surface area contributed by atoms with Crippen molar-refractivity contribution in [2.75, 3.05) is 11.5 Å². The third-order valence-corrected chi connectivity index (χ3v) is 2.38. The highest BCUT2D eigenvalue weighted by Gasteiger charge is 2.06.